The maximum atomic E-state index is 14.0. The number of nitrogens with zero attached hydrogens (tertiary/aromatic N) is 1. The third-order valence-corrected chi connectivity index (χ3v) is 7.58. The summed E-state index contributed by atoms with van der Waals surface area (Å²) in [6, 6.07) is 24.9. The Kier molecular flexibility index (Phi) is 10.00. The Morgan fingerprint density at radius 2 is 1.60 bits per heavy atom. The summed E-state index contributed by atoms with van der Waals surface area (Å²) in [6.45, 7) is 6.04. The van der Waals surface area contributed by atoms with Gasteiger partial charge in [-0.05, 0) is 56.2 Å². The lowest BCUT2D eigenvalue weighted by molar-refractivity contribution is -0.226. The second-order valence-corrected chi connectivity index (χ2v) is 11.4. The molecule has 0 bridgehead atoms. The third kappa shape index (κ3) is 7.93. The van der Waals surface area contributed by atoms with Crippen molar-refractivity contribution in [1.29, 1.82) is 0 Å². The van der Waals surface area contributed by atoms with E-state index >= 15 is 0 Å². The molecule has 2 aliphatic heterocycles. The SMILES string of the molecule is CCOC(=O)C[C@H](C1O[C@@H]2OC(C)(C)O[C@@H]2[C@H]1OCc1ccccc1)N(Cc1ccccc1)C(=O)Nc1ccc(Cl)cc1. The molecular weight excluding hydrogens is 572 g/mol. The van der Waals surface area contributed by atoms with Crippen molar-refractivity contribution in [1.82, 2.24) is 4.90 Å². The molecular formula is C33H37ClN2O7. The molecule has 2 fully saturated rings. The summed E-state index contributed by atoms with van der Waals surface area (Å²) in [4.78, 5) is 28.7. The van der Waals surface area contributed by atoms with Crippen LogP contribution in [0.2, 0.25) is 5.02 Å². The number of esters is 1. The predicted molar refractivity (Wildman–Crippen MR) is 161 cm³/mol. The first-order valence-corrected chi connectivity index (χ1v) is 14.8. The molecule has 0 spiro atoms. The van der Waals surface area contributed by atoms with Gasteiger partial charge in [-0.3, -0.25) is 4.79 Å². The van der Waals surface area contributed by atoms with Gasteiger partial charge in [0.25, 0.3) is 0 Å². The van der Waals surface area contributed by atoms with Crippen molar-refractivity contribution in [2.45, 2.75) is 76.8 Å². The van der Waals surface area contributed by atoms with E-state index in [4.69, 9.17) is 35.3 Å². The van der Waals surface area contributed by atoms with Gasteiger partial charge >= 0.3 is 12.0 Å². The zero-order valence-electron chi connectivity index (χ0n) is 24.5. The van der Waals surface area contributed by atoms with Gasteiger partial charge in [-0.2, -0.15) is 0 Å². The van der Waals surface area contributed by atoms with Crippen LogP contribution in [-0.4, -0.2) is 59.9 Å². The summed E-state index contributed by atoms with van der Waals surface area (Å²) >= 11 is 6.07. The molecule has 1 unspecified atom stereocenters. The summed E-state index contributed by atoms with van der Waals surface area (Å²) in [5, 5.41) is 3.50. The Balaban J connectivity index is 1.50. The van der Waals surface area contributed by atoms with Crippen molar-refractivity contribution < 1.29 is 33.3 Å². The number of carbonyl (C=O) groups is 2. The second-order valence-electron chi connectivity index (χ2n) is 11.0. The number of urea groups is 1. The van der Waals surface area contributed by atoms with E-state index in [1.165, 1.54) is 0 Å². The highest BCUT2D eigenvalue weighted by Crippen LogP contribution is 2.41. The molecule has 1 N–H and O–H groups in total. The quantitative estimate of drug-likeness (QED) is 0.261. The lowest BCUT2D eigenvalue weighted by Crippen LogP contribution is -2.54. The van der Waals surface area contributed by atoms with Crippen LogP contribution >= 0.6 is 11.6 Å². The fourth-order valence-corrected chi connectivity index (χ4v) is 5.54. The van der Waals surface area contributed by atoms with Gasteiger partial charge < -0.3 is 33.9 Å². The highest BCUT2D eigenvalue weighted by Gasteiger charge is 2.58. The van der Waals surface area contributed by atoms with Crippen LogP contribution in [0, 0.1) is 0 Å². The molecule has 228 valence electrons. The van der Waals surface area contributed by atoms with Crippen LogP contribution < -0.4 is 5.32 Å². The Labute approximate surface area is 257 Å². The van der Waals surface area contributed by atoms with Crippen molar-refractivity contribution >= 4 is 29.3 Å². The van der Waals surface area contributed by atoms with Gasteiger partial charge in [0.2, 0.25) is 0 Å². The highest BCUT2D eigenvalue weighted by atomic mass is 35.5. The minimum atomic E-state index is -0.888. The fraction of sp³-hybridized carbons (Fsp3) is 0.394. The molecule has 3 aromatic rings. The average Bonchev–Trinajstić information content (AvgIpc) is 3.47. The highest BCUT2D eigenvalue weighted by molar-refractivity contribution is 6.30. The summed E-state index contributed by atoms with van der Waals surface area (Å²) in [7, 11) is 0. The van der Waals surface area contributed by atoms with Crippen molar-refractivity contribution in [3.8, 4) is 0 Å². The lowest BCUT2D eigenvalue weighted by atomic mass is 9.98. The van der Waals surface area contributed by atoms with Gasteiger partial charge in [-0.1, -0.05) is 72.3 Å². The number of amides is 2. The molecule has 3 aromatic carbocycles. The number of hydrogen-bond acceptors (Lipinski definition) is 7. The van der Waals surface area contributed by atoms with Gasteiger partial charge in [0.05, 0.1) is 25.7 Å². The molecule has 5 rings (SSSR count). The molecule has 9 nitrogen and oxygen atoms in total. The minimum Gasteiger partial charge on any atom is -0.466 e. The monoisotopic (exact) mass is 608 g/mol. The Morgan fingerprint density at radius 1 is 0.953 bits per heavy atom. The van der Waals surface area contributed by atoms with Crippen molar-refractivity contribution in [3.05, 3.63) is 101 Å². The van der Waals surface area contributed by atoms with Gasteiger partial charge in [0.1, 0.15) is 18.3 Å². The largest absolute Gasteiger partial charge is 0.466 e. The number of carbonyl (C=O) groups excluding carboxylic acids is 2. The van der Waals surface area contributed by atoms with Gasteiger partial charge in [-0.25, -0.2) is 4.79 Å². The first kappa shape index (κ1) is 31.0. The van der Waals surface area contributed by atoms with Crippen molar-refractivity contribution in [3.63, 3.8) is 0 Å². The zero-order chi connectivity index (χ0) is 30.4. The number of anilines is 1. The maximum Gasteiger partial charge on any atom is 0.322 e. The molecule has 0 aromatic heterocycles. The first-order valence-electron chi connectivity index (χ1n) is 14.4. The number of ether oxygens (including phenoxy) is 5. The van der Waals surface area contributed by atoms with Crippen LogP contribution in [0.3, 0.4) is 0 Å². The van der Waals surface area contributed by atoms with Crippen LogP contribution in [0.25, 0.3) is 0 Å². The molecule has 43 heavy (non-hydrogen) atoms. The maximum absolute atomic E-state index is 14.0. The first-order chi connectivity index (χ1) is 20.7. The smallest absolute Gasteiger partial charge is 0.322 e. The van der Waals surface area contributed by atoms with Crippen LogP contribution in [0.15, 0.2) is 84.9 Å². The van der Waals surface area contributed by atoms with Gasteiger partial charge in [0.15, 0.2) is 12.1 Å². The molecule has 2 heterocycles. The van der Waals surface area contributed by atoms with E-state index in [1.54, 1.807) is 36.1 Å². The van der Waals surface area contributed by atoms with Crippen molar-refractivity contribution in [2.24, 2.45) is 0 Å². The van der Waals surface area contributed by atoms with E-state index in [2.05, 4.69) is 5.32 Å². The van der Waals surface area contributed by atoms with Crippen LogP contribution in [-0.2, 0) is 41.6 Å². The van der Waals surface area contributed by atoms with Crippen LogP contribution in [0.5, 0.6) is 0 Å². The van der Waals surface area contributed by atoms with Gasteiger partial charge in [0, 0.05) is 17.3 Å². The van der Waals surface area contributed by atoms with E-state index in [-0.39, 0.29) is 26.2 Å². The molecule has 2 amide bonds. The number of benzene rings is 3. The van der Waals surface area contributed by atoms with E-state index in [0.717, 1.165) is 11.1 Å². The number of fused-ring (bicyclic) bond motifs is 1. The van der Waals surface area contributed by atoms with E-state index in [1.807, 2.05) is 74.5 Å². The topological polar surface area (TPSA) is 95.6 Å². The van der Waals surface area contributed by atoms with Crippen LogP contribution in [0.1, 0.15) is 38.3 Å². The van der Waals surface area contributed by atoms with E-state index in [9.17, 15) is 9.59 Å². The molecule has 0 saturated carbocycles. The molecule has 0 radical (unpaired) electrons. The molecule has 10 heteroatoms. The van der Waals surface area contributed by atoms with E-state index < -0.39 is 48.4 Å². The summed E-state index contributed by atoms with van der Waals surface area (Å²) in [6.07, 6.45) is -2.89. The Morgan fingerprint density at radius 3 is 2.26 bits per heavy atom. The van der Waals surface area contributed by atoms with Gasteiger partial charge in [-0.15, -0.1) is 0 Å². The molecule has 0 aliphatic carbocycles. The molecule has 2 aliphatic rings. The van der Waals surface area contributed by atoms with E-state index in [0.29, 0.717) is 10.7 Å². The predicted octanol–water partition coefficient (Wildman–Crippen LogP) is 6.16. The molecule has 2 saturated heterocycles. The summed E-state index contributed by atoms with van der Waals surface area (Å²) < 4.78 is 30.7. The average molecular weight is 609 g/mol. The standard InChI is InChI=1S/C33H37ClN2O7/c1-4-39-27(37)19-26(36(20-22-11-7-5-8-12-22)32(38)35-25-17-15-24(34)16-18-25)28-29(40-21-23-13-9-6-10-14-23)30-31(41-28)43-33(2,3)42-30/h5-18,26,28-31H,4,19-21H2,1-3H3,(H,35,38)/t26-,28?,29+,30-,31-/m1/s1. The Bertz CT molecular complexity index is 1360. The minimum absolute atomic E-state index is 0.132. The Hall–Kier alpha value is -3.47. The normalized spacial score (nSPS) is 22.9. The number of hydrogen-bond donors (Lipinski definition) is 1. The lowest BCUT2D eigenvalue weighted by Gasteiger charge is -2.38. The van der Waals surface area contributed by atoms with Crippen LogP contribution in [0.4, 0.5) is 10.5 Å². The molecule has 5 atom stereocenters. The number of nitrogens with one attached hydrogen (secondary N) is 1. The zero-order valence-corrected chi connectivity index (χ0v) is 25.2. The van der Waals surface area contributed by atoms with Crippen molar-refractivity contribution in [2.75, 3.05) is 11.9 Å². The second kappa shape index (κ2) is 13.9. The summed E-state index contributed by atoms with van der Waals surface area (Å²) in [5.74, 6) is -1.35. The summed E-state index contributed by atoms with van der Waals surface area (Å²) in [5.41, 5.74) is 2.39. The third-order valence-electron chi connectivity index (χ3n) is 7.33. The number of rotatable bonds is 11. The number of halogens is 1. The fourth-order valence-electron chi connectivity index (χ4n) is 5.41.